The lowest BCUT2D eigenvalue weighted by Crippen LogP contribution is -2.17. The van der Waals surface area contributed by atoms with Crippen LogP contribution >= 0.6 is 0 Å². The van der Waals surface area contributed by atoms with E-state index in [1.165, 1.54) is 6.07 Å². The molecule has 3 aromatic carbocycles. The molecule has 0 saturated heterocycles. The van der Waals surface area contributed by atoms with Crippen LogP contribution in [-0.4, -0.2) is 17.0 Å². The summed E-state index contributed by atoms with van der Waals surface area (Å²) in [5.41, 5.74) is 1.84. The van der Waals surface area contributed by atoms with Crippen LogP contribution in [0.25, 0.3) is 0 Å². The van der Waals surface area contributed by atoms with Crippen LogP contribution in [0, 0.1) is 5.82 Å². The molecule has 0 bridgehead atoms. The van der Waals surface area contributed by atoms with Crippen molar-refractivity contribution < 1.29 is 23.8 Å². The van der Waals surface area contributed by atoms with Crippen molar-refractivity contribution in [3.05, 3.63) is 95.8 Å². The van der Waals surface area contributed by atoms with Gasteiger partial charge in [-0.25, -0.2) is 4.39 Å². The minimum Gasteiger partial charge on any atom is -0.489 e. The second-order valence-electron chi connectivity index (χ2n) is 6.86. The van der Waals surface area contributed by atoms with Crippen molar-refractivity contribution in [2.45, 2.75) is 25.4 Å². The maximum absolute atomic E-state index is 13.6. The van der Waals surface area contributed by atoms with Crippen LogP contribution in [0.15, 0.2) is 78.9 Å². The first-order valence-corrected chi connectivity index (χ1v) is 9.54. The second kappa shape index (κ2) is 10.2. The summed E-state index contributed by atoms with van der Waals surface area (Å²) in [6.07, 6.45) is -0.0674. The molecule has 3 rings (SSSR count). The molecule has 6 heteroatoms. The Labute approximate surface area is 174 Å². The van der Waals surface area contributed by atoms with Gasteiger partial charge in [0.2, 0.25) is 5.91 Å². The van der Waals surface area contributed by atoms with Crippen LogP contribution in [-0.2, 0) is 16.2 Å². The van der Waals surface area contributed by atoms with Gasteiger partial charge in [0.05, 0.1) is 6.42 Å². The zero-order valence-corrected chi connectivity index (χ0v) is 16.3. The zero-order valence-electron chi connectivity index (χ0n) is 16.3. The van der Waals surface area contributed by atoms with Crippen molar-refractivity contribution in [2.75, 3.05) is 5.32 Å². The predicted molar refractivity (Wildman–Crippen MR) is 112 cm³/mol. The Balaban J connectivity index is 1.57. The summed E-state index contributed by atoms with van der Waals surface area (Å²) in [7, 11) is 0. The summed E-state index contributed by atoms with van der Waals surface area (Å²) >= 11 is 0. The lowest BCUT2D eigenvalue weighted by atomic mass is 9.92. The maximum Gasteiger partial charge on any atom is 0.303 e. The van der Waals surface area contributed by atoms with E-state index in [1.807, 2.05) is 30.3 Å². The molecule has 0 fully saturated rings. The number of carboxylic acid groups (broad SMARTS) is 1. The van der Waals surface area contributed by atoms with Gasteiger partial charge in [0.15, 0.2) is 0 Å². The summed E-state index contributed by atoms with van der Waals surface area (Å²) in [5.74, 6) is -1.41. The van der Waals surface area contributed by atoms with Crippen molar-refractivity contribution in [1.82, 2.24) is 0 Å². The number of halogens is 1. The highest BCUT2D eigenvalue weighted by atomic mass is 19.1. The molecule has 30 heavy (non-hydrogen) atoms. The van der Waals surface area contributed by atoms with Crippen LogP contribution in [0.1, 0.15) is 29.9 Å². The van der Waals surface area contributed by atoms with Gasteiger partial charge in [-0.15, -0.1) is 0 Å². The number of anilines is 1. The van der Waals surface area contributed by atoms with Gasteiger partial charge in [-0.3, -0.25) is 9.59 Å². The molecule has 5 nitrogen and oxygen atoms in total. The fraction of sp³-hybridized carbons (Fsp3) is 0.167. The summed E-state index contributed by atoms with van der Waals surface area (Å²) in [6.45, 7) is 0.103. The summed E-state index contributed by atoms with van der Waals surface area (Å²) in [4.78, 5) is 23.6. The summed E-state index contributed by atoms with van der Waals surface area (Å²) in [5, 5.41) is 11.9. The van der Waals surface area contributed by atoms with Gasteiger partial charge in [-0.05, 0) is 35.9 Å². The standard InChI is InChI=1S/C24H22FNO4/c25-22-9-5-4-8-18(22)16-30-21-12-10-20(11-13-21)26-23(27)14-19(15-24(28)29)17-6-2-1-3-7-17/h1-13,19H,14-16H2,(H,26,27)(H,28,29). The number of aliphatic carboxylic acids is 1. The highest BCUT2D eigenvalue weighted by molar-refractivity contribution is 5.91. The predicted octanol–water partition coefficient (Wildman–Crippen LogP) is 4.99. The van der Waals surface area contributed by atoms with E-state index in [-0.39, 0.29) is 31.2 Å². The van der Waals surface area contributed by atoms with E-state index in [1.54, 1.807) is 42.5 Å². The van der Waals surface area contributed by atoms with Crippen molar-refractivity contribution in [1.29, 1.82) is 0 Å². The maximum atomic E-state index is 13.6. The van der Waals surface area contributed by atoms with E-state index in [9.17, 15) is 14.0 Å². The van der Waals surface area contributed by atoms with Crippen LogP contribution in [0.3, 0.4) is 0 Å². The molecular formula is C24H22FNO4. The molecule has 2 N–H and O–H groups in total. The third-order valence-corrected chi connectivity index (χ3v) is 4.61. The van der Waals surface area contributed by atoms with Gasteiger partial charge in [0.25, 0.3) is 0 Å². The molecule has 1 unspecified atom stereocenters. The van der Waals surface area contributed by atoms with Gasteiger partial charge >= 0.3 is 5.97 Å². The first kappa shape index (κ1) is 21.0. The minimum atomic E-state index is -0.951. The van der Waals surface area contributed by atoms with Crippen LogP contribution in [0.2, 0.25) is 0 Å². The number of benzene rings is 3. The quantitative estimate of drug-likeness (QED) is 0.524. The fourth-order valence-electron chi connectivity index (χ4n) is 3.09. The number of rotatable bonds is 9. The average molecular weight is 407 g/mol. The van der Waals surface area contributed by atoms with Gasteiger partial charge < -0.3 is 15.2 Å². The van der Waals surface area contributed by atoms with Gasteiger partial charge in [-0.2, -0.15) is 0 Å². The monoisotopic (exact) mass is 407 g/mol. The normalized spacial score (nSPS) is 11.5. The van der Waals surface area contributed by atoms with E-state index in [4.69, 9.17) is 9.84 Å². The topological polar surface area (TPSA) is 75.6 Å². The molecule has 0 saturated carbocycles. The average Bonchev–Trinajstić information content (AvgIpc) is 2.74. The van der Waals surface area contributed by atoms with E-state index in [0.29, 0.717) is 17.0 Å². The molecule has 0 spiro atoms. The molecule has 1 atom stereocenters. The number of ether oxygens (including phenoxy) is 1. The van der Waals surface area contributed by atoms with Gasteiger partial charge in [-0.1, -0.05) is 48.5 Å². The Bertz CT molecular complexity index is 990. The smallest absolute Gasteiger partial charge is 0.303 e. The molecule has 0 aliphatic carbocycles. The summed E-state index contributed by atoms with van der Waals surface area (Å²) in [6, 6.07) is 22.3. The first-order chi connectivity index (χ1) is 14.5. The highest BCUT2D eigenvalue weighted by Crippen LogP contribution is 2.25. The largest absolute Gasteiger partial charge is 0.489 e. The minimum absolute atomic E-state index is 0.0574. The lowest BCUT2D eigenvalue weighted by molar-refractivity contribution is -0.137. The SMILES string of the molecule is O=C(O)CC(CC(=O)Nc1ccc(OCc2ccccc2F)cc1)c1ccccc1. The molecule has 0 aromatic heterocycles. The highest BCUT2D eigenvalue weighted by Gasteiger charge is 2.19. The Morgan fingerprint density at radius 3 is 2.23 bits per heavy atom. The third-order valence-electron chi connectivity index (χ3n) is 4.61. The van der Waals surface area contributed by atoms with Crippen molar-refractivity contribution in [3.8, 4) is 5.75 Å². The number of amides is 1. The van der Waals surface area contributed by atoms with Crippen LogP contribution < -0.4 is 10.1 Å². The van der Waals surface area contributed by atoms with Crippen molar-refractivity contribution >= 4 is 17.6 Å². The van der Waals surface area contributed by atoms with E-state index in [0.717, 1.165) is 5.56 Å². The van der Waals surface area contributed by atoms with Crippen molar-refractivity contribution in [2.24, 2.45) is 0 Å². The molecular weight excluding hydrogens is 385 g/mol. The number of carboxylic acids is 1. The molecule has 0 aliphatic heterocycles. The lowest BCUT2D eigenvalue weighted by Gasteiger charge is -2.15. The molecule has 3 aromatic rings. The Morgan fingerprint density at radius 2 is 1.57 bits per heavy atom. The Morgan fingerprint density at radius 1 is 0.900 bits per heavy atom. The molecule has 1 amide bonds. The number of nitrogens with one attached hydrogen (secondary N) is 1. The molecule has 0 aliphatic rings. The first-order valence-electron chi connectivity index (χ1n) is 9.54. The Kier molecular flexibility index (Phi) is 7.16. The van der Waals surface area contributed by atoms with Crippen molar-refractivity contribution in [3.63, 3.8) is 0 Å². The van der Waals surface area contributed by atoms with Crippen LogP contribution in [0.4, 0.5) is 10.1 Å². The van der Waals surface area contributed by atoms with E-state index >= 15 is 0 Å². The molecule has 0 radical (unpaired) electrons. The Hall–Kier alpha value is -3.67. The summed E-state index contributed by atoms with van der Waals surface area (Å²) < 4.78 is 19.2. The number of hydrogen-bond acceptors (Lipinski definition) is 3. The van der Waals surface area contributed by atoms with Gasteiger partial charge in [0, 0.05) is 23.6 Å². The van der Waals surface area contributed by atoms with Crippen LogP contribution in [0.5, 0.6) is 5.75 Å². The number of carbonyl (C=O) groups excluding carboxylic acids is 1. The second-order valence-corrected chi connectivity index (χ2v) is 6.86. The number of carbonyl (C=O) groups is 2. The third kappa shape index (κ3) is 6.17. The van der Waals surface area contributed by atoms with E-state index < -0.39 is 11.9 Å². The van der Waals surface area contributed by atoms with Gasteiger partial charge in [0.1, 0.15) is 18.2 Å². The number of hydrogen-bond donors (Lipinski definition) is 2. The fourth-order valence-corrected chi connectivity index (χ4v) is 3.09. The van der Waals surface area contributed by atoms with E-state index in [2.05, 4.69) is 5.32 Å². The molecule has 154 valence electrons. The zero-order chi connectivity index (χ0) is 21.3. The molecule has 0 heterocycles.